The van der Waals surface area contributed by atoms with Gasteiger partial charge in [0.05, 0.1) is 30.8 Å². The molecule has 0 fully saturated rings. The van der Waals surface area contributed by atoms with Crippen molar-refractivity contribution < 1.29 is 19.4 Å². The molecule has 0 saturated carbocycles. The Morgan fingerprint density at radius 2 is 2.00 bits per heavy atom. The van der Waals surface area contributed by atoms with Gasteiger partial charge in [0.15, 0.2) is 0 Å². The molecule has 2 aliphatic heterocycles. The molecule has 0 radical (unpaired) electrons. The van der Waals surface area contributed by atoms with Gasteiger partial charge in [-0.25, -0.2) is 0 Å². The van der Waals surface area contributed by atoms with Crippen LogP contribution in [0.4, 0.5) is 0 Å². The molecule has 3 rings (SSSR count). The summed E-state index contributed by atoms with van der Waals surface area (Å²) in [4.78, 5) is 14.4. The van der Waals surface area contributed by atoms with Gasteiger partial charge >= 0.3 is 0 Å². The van der Waals surface area contributed by atoms with Crippen LogP contribution in [-0.4, -0.2) is 40.8 Å². The highest BCUT2D eigenvalue weighted by molar-refractivity contribution is 5.91. The molecule has 0 aromatic heterocycles. The Kier molecular flexibility index (Phi) is 7.04. The Bertz CT molecular complexity index is 840. The van der Waals surface area contributed by atoms with Crippen LogP contribution in [0.5, 0.6) is 5.75 Å². The van der Waals surface area contributed by atoms with Crippen LogP contribution in [-0.2, 0) is 9.53 Å². The normalized spacial score (nSPS) is 22.2. The summed E-state index contributed by atoms with van der Waals surface area (Å²) < 4.78 is 11.8. The number of nitriles is 1. The van der Waals surface area contributed by atoms with Gasteiger partial charge in [-0.2, -0.15) is 5.26 Å². The van der Waals surface area contributed by atoms with Crippen molar-refractivity contribution in [3.05, 3.63) is 41.2 Å². The molecule has 0 aliphatic carbocycles. The number of carbonyl (C=O) groups excluding carboxylic acids is 1. The van der Waals surface area contributed by atoms with Crippen LogP contribution >= 0.6 is 0 Å². The topological polar surface area (TPSA) is 82.8 Å². The molecule has 2 aliphatic rings. The van der Waals surface area contributed by atoms with Gasteiger partial charge in [-0.1, -0.05) is 39.0 Å². The van der Waals surface area contributed by atoms with Crippen LogP contribution in [0.1, 0.15) is 76.5 Å². The van der Waals surface area contributed by atoms with Crippen molar-refractivity contribution in [1.29, 1.82) is 5.26 Å². The summed E-state index contributed by atoms with van der Waals surface area (Å²) in [5, 5.41) is 20.3. The molecule has 2 heterocycles. The zero-order valence-corrected chi connectivity index (χ0v) is 18.2. The van der Waals surface area contributed by atoms with Crippen molar-refractivity contribution in [1.82, 2.24) is 4.90 Å². The number of carbonyl (C=O) groups is 1. The lowest BCUT2D eigenvalue weighted by atomic mass is 9.85. The van der Waals surface area contributed by atoms with Crippen molar-refractivity contribution in [3.8, 4) is 11.8 Å². The molecule has 1 N–H and O–H groups in total. The van der Waals surface area contributed by atoms with Crippen LogP contribution < -0.4 is 4.74 Å². The van der Waals surface area contributed by atoms with E-state index in [2.05, 4.69) is 13.0 Å². The minimum atomic E-state index is -0.936. The van der Waals surface area contributed by atoms with E-state index in [1.165, 1.54) is 31.8 Å². The van der Waals surface area contributed by atoms with E-state index in [1.807, 2.05) is 0 Å². The highest BCUT2D eigenvalue weighted by atomic mass is 16.5. The third-order valence-electron chi connectivity index (χ3n) is 5.86. The number of fused-ring (bicyclic) bond motifs is 1. The number of benzene rings is 1. The van der Waals surface area contributed by atoms with Gasteiger partial charge in [0.1, 0.15) is 23.2 Å². The van der Waals surface area contributed by atoms with Gasteiger partial charge in [-0.15, -0.1) is 0 Å². The predicted octanol–water partition coefficient (Wildman–Crippen LogP) is 4.23. The van der Waals surface area contributed by atoms with Gasteiger partial charge in [-0.3, -0.25) is 4.79 Å². The third-order valence-corrected chi connectivity index (χ3v) is 5.86. The molecule has 0 bridgehead atoms. The summed E-state index contributed by atoms with van der Waals surface area (Å²) in [6.45, 7) is 6.71. The van der Waals surface area contributed by atoms with Crippen molar-refractivity contribution >= 4 is 5.91 Å². The number of amides is 1. The zero-order valence-electron chi connectivity index (χ0n) is 18.2. The second kappa shape index (κ2) is 9.53. The van der Waals surface area contributed by atoms with Gasteiger partial charge in [0, 0.05) is 11.6 Å². The number of aliphatic hydroxyl groups is 1. The molecule has 162 valence electrons. The van der Waals surface area contributed by atoms with Crippen molar-refractivity contribution in [3.63, 3.8) is 0 Å². The second-order valence-electron chi connectivity index (χ2n) is 8.65. The number of unbranched alkanes of at least 4 members (excludes halogenated alkanes) is 5. The summed E-state index contributed by atoms with van der Waals surface area (Å²) >= 11 is 0. The maximum absolute atomic E-state index is 12.8. The van der Waals surface area contributed by atoms with Crippen LogP contribution in [0.2, 0.25) is 0 Å². The van der Waals surface area contributed by atoms with Crippen LogP contribution in [0.3, 0.4) is 0 Å². The van der Waals surface area contributed by atoms with Crippen molar-refractivity contribution in [2.24, 2.45) is 0 Å². The molecule has 1 aromatic rings. The summed E-state index contributed by atoms with van der Waals surface area (Å²) in [5.74, 6) is 1.02. The fraction of sp³-hybridized carbons (Fsp3) is 0.583. The first-order chi connectivity index (χ1) is 14.4. The van der Waals surface area contributed by atoms with E-state index in [1.54, 1.807) is 36.9 Å². The number of rotatable bonds is 9. The van der Waals surface area contributed by atoms with E-state index < -0.39 is 17.7 Å². The Morgan fingerprint density at radius 1 is 1.27 bits per heavy atom. The van der Waals surface area contributed by atoms with Crippen LogP contribution in [0, 0.1) is 11.3 Å². The maximum atomic E-state index is 12.8. The first-order valence-corrected chi connectivity index (χ1v) is 10.9. The summed E-state index contributed by atoms with van der Waals surface area (Å²) in [5.41, 5.74) is 0.252. The van der Waals surface area contributed by atoms with Crippen LogP contribution in [0.25, 0.3) is 0 Å². The van der Waals surface area contributed by atoms with Gasteiger partial charge in [0.25, 0.3) is 5.91 Å². The smallest absolute Gasteiger partial charge is 0.251 e. The lowest BCUT2D eigenvalue weighted by Crippen LogP contribution is -2.54. The average Bonchev–Trinajstić information content (AvgIpc) is 3.08. The highest BCUT2D eigenvalue weighted by Gasteiger charge is 2.47. The number of nitrogens with zero attached hydrogens (tertiary/aromatic N) is 2. The SMILES string of the molecule is CCCCCCCCOC1=CC(=O)N([C@H]2c3cc(C#N)ccc3OC(C)(C)[C@@H]2O)C1. The van der Waals surface area contributed by atoms with E-state index in [9.17, 15) is 15.2 Å². The Balaban J connectivity index is 1.67. The van der Waals surface area contributed by atoms with Gasteiger partial charge in [-0.05, 0) is 38.5 Å². The Labute approximate surface area is 179 Å². The molecule has 1 aromatic carbocycles. The lowest BCUT2D eigenvalue weighted by Gasteiger charge is -2.45. The predicted molar refractivity (Wildman–Crippen MR) is 114 cm³/mol. The van der Waals surface area contributed by atoms with Crippen molar-refractivity contribution in [2.75, 3.05) is 13.2 Å². The van der Waals surface area contributed by atoms with E-state index in [0.717, 1.165) is 12.8 Å². The van der Waals surface area contributed by atoms with E-state index in [0.29, 0.717) is 35.8 Å². The molecule has 2 atom stereocenters. The molecule has 30 heavy (non-hydrogen) atoms. The first-order valence-electron chi connectivity index (χ1n) is 10.9. The van der Waals surface area contributed by atoms with Gasteiger partial charge < -0.3 is 19.5 Å². The summed E-state index contributed by atoms with van der Waals surface area (Å²) in [7, 11) is 0. The van der Waals surface area contributed by atoms with E-state index in [-0.39, 0.29) is 5.91 Å². The monoisotopic (exact) mass is 412 g/mol. The summed E-state index contributed by atoms with van der Waals surface area (Å²) in [6.07, 6.45) is 7.65. The standard InChI is InChI=1S/C24H32N2O4/c1-4-5-6-7-8-9-12-29-18-14-21(27)26(16-18)22-19-13-17(15-25)10-11-20(19)30-24(2,3)23(22)28/h10-11,13-14,22-23,28H,4-9,12,16H2,1-3H3/t22-,23+/m0/s1. The largest absolute Gasteiger partial charge is 0.496 e. The lowest BCUT2D eigenvalue weighted by molar-refractivity contribution is -0.137. The third kappa shape index (κ3) is 4.79. The quantitative estimate of drug-likeness (QED) is 0.614. The van der Waals surface area contributed by atoms with Gasteiger partial charge in [0.2, 0.25) is 0 Å². The molecule has 6 heteroatoms. The first kappa shape index (κ1) is 22.2. The number of ether oxygens (including phenoxy) is 2. The molecule has 6 nitrogen and oxygen atoms in total. The number of hydrogen-bond acceptors (Lipinski definition) is 5. The zero-order chi connectivity index (χ0) is 21.7. The fourth-order valence-electron chi connectivity index (χ4n) is 4.09. The molecular weight excluding hydrogens is 380 g/mol. The van der Waals surface area contributed by atoms with Crippen molar-refractivity contribution in [2.45, 2.75) is 77.0 Å². The minimum Gasteiger partial charge on any atom is -0.496 e. The molecule has 0 saturated heterocycles. The number of hydrogen-bond donors (Lipinski definition) is 1. The van der Waals surface area contributed by atoms with E-state index in [4.69, 9.17) is 9.47 Å². The molecular formula is C24H32N2O4. The Hall–Kier alpha value is -2.52. The minimum absolute atomic E-state index is 0.192. The molecule has 1 amide bonds. The molecule has 0 spiro atoms. The van der Waals surface area contributed by atoms with Crippen LogP contribution in [0.15, 0.2) is 30.0 Å². The second-order valence-corrected chi connectivity index (χ2v) is 8.65. The van der Waals surface area contributed by atoms with E-state index >= 15 is 0 Å². The summed E-state index contributed by atoms with van der Waals surface area (Å²) in [6, 6.07) is 6.63. The fourth-order valence-corrected chi connectivity index (χ4v) is 4.09. The maximum Gasteiger partial charge on any atom is 0.251 e. The average molecular weight is 413 g/mol. The molecule has 0 unspecified atom stereocenters. The number of aliphatic hydroxyl groups excluding tert-OH is 1. The Morgan fingerprint density at radius 3 is 2.73 bits per heavy atom. The highest BCUT2D eigenvalue weighted by Crippen LogP contribution is 2.44.